The maximum Gasteiger partial charge on any atom is 0.183 e. The summed E-state index contributed by atoms with van der Waals surface area (Å²) in [6.07, 6.45) is 0. The average molecular weight is 102 g/mol. The van der Waals surface area contributed by atoms with Crippen LogP contribution in [0.3, 0.4) is 0 Å². The van der Waals surface area contributed by atoms with Crippen LogP contribution in [0.1, 0.15) is 0 Å². The molecule has 0 aliphatic carbocycles. The van der Waals surface area contributed by atoms with E-state index >= 15 is 0 Å². The molecule has 0 saturated heterocycles. The van der Waals surface area contributed by atoms with E-state index in [1.54, 1.807) is 7.11 Å². The zero-order valence-corrected chi connectivity index (χ0v) is 5.41. The van der Waals surface area contributed by atoms with E-state index in [0.29, 0.717) is 0 Å². The lowest BCUT2D eigenvalue weighted by atomic mass is 11.8. The van der Waals surface area contributed by atoms with Crippen LogP contribution in [0, 0.1) is 0 Å². The van der Waals surface area contributed by atoms with Gasteiger partial charge in [0.15, 0.2) is 8.56 Å². The molecular weight excluding hydrogens is 96.2 g/mol. The van der Waals surface area contributed by atoms with Gasteiger partial charge in [-0.05, 0) is 6.55 Å². The maximum absolute atomic E-state index is 4.77. The SMILES string of the molecule is CO[Si](C)[Si]. The summed E-state index contributed by atoms with van der Waals surface area (Å²) in [5.41, 5.74) is 0. The maximum atomic E-state index is 4.77. The molecule has 28 valence electrons. The minimum absolute atomic E-state index is 0.568. The largest absolute Gasteiger partial charge is 0.425 e. The van der Waals surface area contributed by atoms with E-state index in [4.69, 9.17) is 4.43 Å². The summed E-state index contributed by atoms with van der Waals surface area (Å²) in [7, 11) is 4.42. The molecule has 1 nitrogen and oxygen atoms in total. The fourth-order valence-corrected chi connectivity index (χ4v) is 0. The van der Waals surface area contributed by atoms with Gasteiger partial charge in [0, 0.05) is 16.9 Å². The molecule has 0 amide bonds. The molecule has 0 atom stereocenters. The molecular formula is C2H6OSi2. The minimum atomic E-state index is -0.568. The minimum Gasteiger partial charge on any atom is -0.425 e. The van der Waals surface area contributed by atoms with Crippen molar-refractivity contribution < 1.29 is 4.43 Å². The molecule has 0 aliphatic heterocycles. The molecule has 4 radical (unpaired) electrons. The Hall–Kier alpha value is 0.394. The van der Waals surface area contributed by atoms with E-state index in [0.717, 1.165) is 0 Å². The zero-order chi connectivity index (χ0) is 4.28. The molecule has 0 saturated carbocycles. The molecule has 0 unspecified atom stereocenters. The summed E-state index contributed by atoms with van der Waals surface area (Å²) in [5, 5.41) is 0. The molecule has 0 rings (SSSR count). The highest BCUT2D eigenvalue weighted by atomic mass is 29.2. The van der Waals surface area contributed by atoms with Gasteiger partial charge in [-0.2, -0.15) is 0 Å². The first kappa shape index (κ1) is 5.39. The third kappa shape index (κ3) is 4.39. The fourth-order valence-electron chi connectivity index (χ4n) is 0. The van der Waals surface area contributed by atoms with Crippen molar-refractivity contribution in [3.8, 4) is 0 Å². The van der Waals surface area contributed by atoms with Gasteiger partial charge in [-0.1, -0.05) is 0 Å². The highest BCUT2D eigenvalue weighted by Crippen LogP contribution is 1.65. The van der Waals surface area contributed by atoms with Gasteiger partial charge in [-0.15, -0.1) is 0 Å². The number of hydrogen-bond acceptors (Lipinski definition) is 1. The highest BCUT2D eigenvalue weighted by Gasteiger charge is 1.85. The average Bonchev–Trinajstić information content (AvgIpc) is 1.38. The van der Waals surface area contributed by atoms with E-state index in [2.05, 4.69) is 9.76 Å². The third-order valence-corrected chi connectivity index (χ3v) is 1.53. The summed E-state index contributed by atoms with van der Waals surface area (Å²) in [5.74, 6) is 0. The zero-order valence-electron chi connectivity index (χ0n) is 3.41. The molecule has 0 aromatic carbocycles. The van der Waals surface area contributed by atoms with Crippen LogP contribution in [-0.2, 0) is 4.43 Å². The van der Waals surface area contributed by atoms with Crippen LogP contribution in [0.5, 0.6) is 0 Å². The standard InChI is InChI=1S/C2H6OSi2/c1-3-5(2)4/h1-2H3. The normalized spacial score (nSPS) is 9.60. The lowest BCUT2D eigenvalue weighted by molar-refractivity contribution is 0.440. The van der Waals surface area contributed by atoms with Gasteiger partial charge in [0.2, 0.25) is 0 Å². The van der Waals surface area contributed by atoms with Gasteiger partial charge in [0.25, 0.3) is 0 Å². The topological polar surface area (TPSA) is 9.23 Å². The molecule has 5 heavy (non-hydrogen) atoms. The summed E-state index contributed by atoms with van der Waals surface area (Å²) < 4.78 is 4.77. The van der Waals surface area contributed by atoms with E-state index in [1.807, 2.05) is 6.55 Å². The van der Waals surface area contributed by atoms with Crippen LogP contribution >= 0.6 is 0 Å². The third-order valence-electron chi connectivity index (χ3n) is 0.306. The molecule has 0 fully saturated rings. The summed E-state index contributed by atoms with van der Waals surface area (Å²) in [4.78, 5) is 0. The van der Waals surface area contributed by atoms with Crippen LogP contribution in [0.2, 0.25) is 6.55 Å². The Balaban J connectivity index is 2.54. The second kappa shape index (κ2) is 2.62. The number of hydrogen-bond donors (Lipinski definition) is 0. The van der Waals surface area contributed by atoms with E-state index in [-0.39, 0.29) is 0 Å². The van der Waals surface area contributed by atoms with Gasteiger partial charge >= 0.3 is 0 Å². The van der Waals surface area contributed by atoms with Gasteiger partial charge in [0.1, 0.15) is 0 Å². The second-order valence-corrected chi connectivity index (χ2v) is 4.39. The van der Waals surface area contributed by atoms with Gasteiger partial charge in [-0.3, -0.25) is 0 Å². The quantitative estimate of drug-likeness (QED) is 0.421. The summed E-state index contributed by atoms with van der Waals surface area (Å²) in [6, 6.07) is 0. The van der Waals surface area contributed by atoms with Crippen molar-refractivity contribution in [3.63, 3.8) is 0 Å². The first-order chi connectivity index (χ1) is 2.27. The monoisotopic (exact) mass is 102 g/mol. The van der Waals surface area contributed by atoms with Crippen molar-refractivity contribution >= 4 is 18.3 Å². The summed E-state index contributed by atoms with van der Waals surface area (Å²) in [6.45, 7) is 2.02. The van der Waals surface area contributed by atoms with Crippen molar-refractivity contribution in [2.75, 3.05) is 7.11 Å². The van der Waals surface area contributed by atoms with E-state index in [1.165, 1.54) is 0 Å². The van der Waals surface area contributed by atoms with Crippen molar-refractivity contribution in [2.45, 2.75) is 6.55 Å². The number of rotatable bonds is 1. The van der Waals surface area contributed by atoms with Crippen LogP contribution in [0.25, 0.3) is 0 Å². The Morgan fingerprint density at radius 1 is 1.80 bits per heavy atom. The van der Waals surface area contributed by atoms with Crippen molar-refractivity contribution in [1.29, 1.82) is 0 Å². The Kier molecular flexibility index (Phi) is 2.83. The molecule has 0 aromatic heterocycles. The van der Waals surface area contributed by atoms with Crippen LogP contribution in [-0.4, -0.2) is 25.4 Å². The fraction of sp³-hybridized carbons (Fsp3) is 1.00. The molecule has 0 bridgehead atoms. The molecule has 3 heteroatoms. The summed E-state index contributed by atoms with van der Waals surface area (Å²) >= 11 is 0. The predicted octanol–water partition coefficient (Wildman–Crippen LogP) is -0.0807. The van der Waals surface area contributed by atoms with Gasteiger partial charge in [-0.25, -0.2) is 0 Å². The molecule has 0 spiro atoms. The Labute approximate surface area is 37.3 Å². The Morgan fingerprint density at radius 2 is 2.00 bits per heavy atom. The Bertz CT molecular complexity index is 21.6. The molecule has 0 N–H and O–H groups in total. The smallest absolute Gasteiger partial charge is 0.183 e. The van der Waals surface area contributed by atoms with E-state index in [9.17, 15) is 0 Å². The van der Waals surface area contributed by atoms with Crippen LogP contribution < -0.4 is 0 Å². The molecule has 0 heterocycles. The van der Waals surface area contributed by atoms with Crippen molar-refractivity contribution in [1.82, 2.24) is 0 Å². The Morgan fingerprint density at radius 3 is 2.00 bits per heavy atom. The van der Waals surface area contributed by atoms with Crippen molar-refractivity contribution in [2.24, 2.45) is 0 Å². The first-order valence-corrected chi connectivity index (χ1v) is 4.77. The predicted molar refractivity (Wildman–Crippen MR) is 24.4 cm³/mol. The van der Waals surface area contributed by atoms with Crippen molar-refractivity contribution in [3.05, 3.63) is 0 Å². The van der Waals surface area contributed by atoms with Crippen LogP contribution in [0.15, 0.2) is 0 Å². The van der Waals surface area contributed by atoms with Gasteiger partial charge < -0.3 is 4.43 Å². The molecule has 0 aliphatic rings. The molecule has 0 aromatic rings. The first-order valence-electron chi connectivity index (χ1n) is 1.36. The van der Waals surface area contributed by atoms with Gasteiger partial charge in [0.05, 0.1) is 0 Å². The second-order valence-electron chi connectivity index (χ2n) is 0.760. The highest BCUT2D eigenvalue weighted by molar-refractivity contribution is 6.98. The lowest BCUT2D eigenvalue weighted by Gasteiger charge is -1.91. The van der Waals surface area contributed by atoms with E-state index < -0.39 is 8.56 Å². The lowest BCUT2D eigenvalue weighted by Crippen LogP contribution is -2.08. The van der Waals surface area contributed by atoms with Crippen LogP contribution in [0.4, 0.5) is 0 Å².